The average Bonchev–Trinajstić information content (AvgIpc) is 2.73. The number of halogens is 2. The first-order valence-electron chi connectivity index (χ1n) is 9.11. The van der Waals surface area contributed by atoms with Gasteiger partial charge in [0.2, 0.25) is 0 Å². The lowest BCUT2D eigenvalue weighted by Crippen LogP contribution is -2.20. The van der Waals surface area contributed by atoms with Crippen LogP contribution in [0.4, 0.5) is 15.9 Å². The number of methoxy groups -OCH3 is 1. The second-order valence-electron chi connectivity index (χ2n) is 6.17. The van der Waals surface area contributed by atoms with Gasteiger partial charge < -0.3 is 25.2 Å². The van der Waals surface area contributed by atoms with Crippen molar-refractivity contribution in [3.63, 3.8) is 0 Å². The lowest BCUT2D eigenvalue weighted by atomic mass is 10.2. The number of nitrogens with zero attached hydrogens (tertiary/aromatic N) is 2. The number of anilines is 2. The SMILES string of the molecule is COc1cc2ncnc(Nc3ccc(F)c(Cl)c3)c2cc1OCCCNCCO. The zero-order valence-corrected chi connectivity index (χ0v) is 16.7. The molecule has 2 aromatic carbocycles. The number of ether oxygens (including phenoxy) is 2. The highest BCUT2D eigenvalue weighted by molar-refractivity contribution is 6.31. The molecule has 0 saturated carbocycles. The Bertz CT molecular complexity index is 974. The summed E-state index contributed by atoms with van der Waals surface area (Å²) in [6.45, 7) is 1.87. The van der Waals surface area contributed by atoms with E-state index in [1.807, 2.05) is 6.07 Å². The molecular weight excluding hydrogens is 399 g/mol. The third kappa shape index (κ3) is 5.44. The molecule has 29 heavy (non-hydrogen) atoms. The van der Waals surface area contributed by atoms with E-state index in [0.717, 1.165) is 18.4 Å². The average molecular weight is 421 g/mol. The molecule has 1 heterocycles. The van der Waals surface area contributed by atoms with Gasteiger partial charge in [0.1, 0.15) is 18.0 Å². The molecule has 0 aliphatic rings. The van der Waals surface area contributed by atoms with Crippen molar-refractivity contribution in [3.05, 3.63) is 47.5 Å². The van der Waals surface area contributed by atoms with Gasteiger partial charge in [0.05, 0.1) is 30.9 Å². The predicted molar refractivity (Wildman–Crippen MR) is 111 cm³/mol. The molecule has 7 nitrogen and oxygen atoms in total. The van der Waals surface area contributed by atoms with Gasteiger partial charge in [-0.2, -0.15) is 0 Å². The molecule has 0 aliphatic carbocycles. The van der Waals surface area contributed by atoms with Crippen molar-refractivity contribution in [2.45, 2.75) is 6.42 Å². The number of benzene rings is 2. The van der Waals surface area contributed by atoms with Crippen molar-refractivity contribution >= 4 is 34.0 Å². The molecule has 9 heteroatoms. The molecule has 0 fully saturated rings. The minimum atomic E-state index is -0.487. The van der Waals surface area contributed by atoms with Crippen molar-refractivity contribution in [2.24, 2.45) is 0 Å². The minimum Gasteiger partial charge on any atom is -0.493 e. The first-order chi connectivity index (χ1) is 14.1. The van der Waals surface area contributed by atoms with Crippen LogP contribution in [0.5, 0.6) is 11.5 Å². The summed E-state index contributed by atoms with van der Waals surface area (Å²) < 4.78 is 24.7. The Balaban J connectivity index is 1.82. The highest BCUT2D eigenvalue weighted by Crippen LogP contribution is 2.35. The second-order valence-corrected chi connectivity index (χ2v) is 6.58. The van der Waals surface area contributed by atoms with E-state index in [1.165, 1.54) is 18.5 Å². The molecule has 0 radical (unpaired) electrons. The van der Waals surface area contributed by atoms with Gasteiger partial charge in [-0.3, -0.25) is 0 Å². The fraction of sp³-hybridized carbons (Fsp3) is 0.300. The zero-order valence-electron chi connectivity index (χ0n) is 15.9. The number of hydrogen-bond donors (Lipinski definition) is 3. The lowest BCUT2D eigenvalue weighted by molar-refractivity contribution is 0.275. The van der Waals surface area contributed by atoms with Crippen LogP contribution >= 0.6 is 11.6 Å². The fourth-order valence-electron chi connectivity index (χ4n) is 2.73. The van der Waals surface area contributed by atoms with E-state index in [2.05, 4.69) is 20.6 Å². The topological polar surface area (TPSA) is 88.5 Å². The van der Waals surface area contributed by atoms with Gasteiger partial charge in [0.15, 0.2) is 11.5 Å². The van der Waals surface area contributed by atoms with Crippen LogP contribution in [0.2, 0.25) is 5.02 Å². The van der Waals surface area contributed by atoms with Crippen LogP contribution in [0.3, 0.4) is 0 Å². The van der Waals surface area contributed by atoms with Gasteiger partial charge in [0, 0.05) is 23.7 Å². The normalized spacial score (nSPS) is 10.9. The Morgan fingerprint density at radius 3 is 2.76 bits per heavy atom. The molecule has 0 aliphatic heterocycles. The van der Waals surface area contributed by atoms with E-state index in [4.69, 9.17) is 26.2 Å². The molecule has 1 aromatic heterocycles. The van der Waals surface area contributed by atoms with Crippen LogP contribution in [-0.2, 0) is 0 Å². The summed E-state index contributed by atoms with van der Waals surface area (Å²) in [5.41, 5.74) is 1.27. The van der Waals surface area contributed by atoms with Crippen molar-refractivity contribution in [1.29, 1.82) is 0 Å². The number of fused-ring (bicyclic) bond motifs is 1. The first kappa shape index (κ1) is 21.0. The number of aliphatic hydroxyl groups is 1. The van der Waals surface area contributed by atoms with Crippen molar-refractivity contribution in [2.75, 3.05) is 38.7 Å². The van der Waals surface area contributed by atoms with Crippen LogP contribution in [0.1, 0.15) is 6.42 Å². The highest BCUT2D eigenvalue weighted by atomic mass is 35.5. The Labute approximate surface area is 172 Å². The fourth-order valence-corrected chi connectivity index (χ4v) is 2.91. The quantitative estimate of drug-likeness (QED) is 0.432. The van der Waals surface area contributed by atoms with Gasteiger partial charge >= 0.3 is 0 Å². The molecule has 3 rings (SSSR count). The van der Waals surface area contributed by atoms with Crippen molar-refractivity contribution < 1.29 is 19.0 Å². The van der Waals surface area contributed by atoms with Crippen LogP contribution in [0.15, 0.2) is 36.7 Å². The number of hydrogen-bond acceptors (Lipinski definition) is 7. The molecule has 0 spiro atoms. The summed E-state index contributed by atoms with van der Waals surface area (Å²) in [6, 6.07) is 7.94. The molecule has 3 N–H and O–H groups in total. The second kappa shape index (κ2) is 10.2. The molecular formula is C20H22ClFN4O3. The van der Waals surface area contributed by atoms with Gasteiger partial charge in [-0.15, -0.1) is 0 Å². The van der Waals surface area contributed by atoms with Crippen LogP contribution in [0.25, 0.3) is 10.9 Å². The summed E-state index contributed by atoms with van der Waals surface area (Å²) in [5.74, 6) is 1.18. The summed E-state index contributed by atoms with van der Waals surface area (Å²) >= 11 is 5.86. The molecule has 0 saturated heterocycles. The maximum Gasteiger partial charge on any atom is 0.162 e. The summed E-state index contributed by atoms with van der Waals surface area (Å²) in [6.07, 6.45) is 2.20. The van der Waals surface area contributed by atoms with Crippen molar-refractivity contribution in [3.8, 4) is 11.5 Å². The number of aromatic nitrogens is 2. The lowest BCUT2D eigenvalue weighted by Gasteiger charge is -2.14. The van der Waals surface area contributed by atoms with E-state index in [1.54, 1.807) is 19.2 Å². The zero-order chi connectivity index (χ0) is 20.6. The minimum absolute atomic E-state index is 0.0221. The summed E-state index contributed by atoms with van der Waals surface area (Å²) in [5, 5.41) is 15.8. The van der Waals surface area contributed by atoms with Gasteiger partial charge in [-0.05, 0) is 37.2 Å². The molecule has 0 atom stereocenters. The van der Waals surface area contributed by atoms with Crippen molar-refractivity contribution in [1.82, 2.24) is 15.3 Å². The van der Waals surface area contributed by atoms with E-state index in [-0.39, 0.29) is 11.6 Å². The van der Waals surface area contributed by atoms with Gasteiger partial charge in [-0.1, -0.05) is 11.6 Å². The van der Waals surface area contributed by atoms with E-state index >= 15 is 0 Å². The largest absolute Gasteiger partial charge is 0.493 e. The van der Waals surface area contributed by atoms with Crippen LogP contribution in [-0.4, -0.2) is 48.5 Å². The molecule has 3 aromatic rings. The number of nitrogens with one attached hydrogen (secondary N) is 2. The maximum absolute atomic E-state index is 13.4. The number of aliphatic hydroxyl groups excluding tert-OH is 1. The number of rotatable bonds is 10. The molecule has 0 amide bonds. The Kier molecular flexibility index (Phi) is 7.40. The molecule has 154 valence electrons. The molecule has 0 bridgehead atoms. The Morgan fingerprint density at radius 1 is 1.14 bits per heavy atom. The highest BCUT2D eigenvalue weighted by Gasteiger charge is 2.12. The third-order valence-electron chi connectivity index (χ3n) is 4.15. The van der Waals surface area contributed by atoms with Crippen LogP contribution in [0, 0.1) is 5.82 Å². The monoisotopic (exact) mass is 420 g/mol. The summed E-state index contributed by atoms with van der Waals surface area (Å²) in [4.78, 5) is 8.58. The smallest absolute Gasteiger partial charge is 0.162 e. The third-order valence-corrected chi connectivity index (χ3v) is 4.44. The summed E-state index contributed by atoms with van der Waals surface area (Å²) in [7, 11) is 1.57. The molecule has 0 unspecified atom stereocenters. The van der Waals surface area contributed by atoms with Gasteiger partial charge in [0.25, 0.3) is 0 Å². The Hall–Kier alpha value is -2.68. The van der Waals surface area contributed by atoms with E-state index in [9.17, 15) is 4.39 Å². The maximum atomic E-state index is 13.4. The van der Waals surface area contributed by atoms with E-state index < -0.39 is 5.82 Å². The van der Waals surface area contributed by atoms with Gasteiger partial charge in [-0.25, -0.2) is 14.4 Å². The first-order valence-corrected chi connectivity index (χ1v) is 9.49. The predicted octanol–water partition coefficient (Wildman–Crippen LogP) is 3.53. The Morgan fingerprint density at radius 2 is 2.00 bits per heavy atom. The standard InChI is InChI=1S/C20H22ClFN4O3/c1-28-18-11-17-14(10-19(18)29-8-2-5-23-6-7-27)20(25-12-24-17)26-13-3-4-16(22)15(21)9-13/h3-4,9-12,23,27H,2,5-8H2,1H3,(H,24,25,26). The van der Waals surface area contributed by atoms with E-state index in [0.29, 0.717) is 41.7 Å². The van der Waals surface area contributed by atoms with Crippen LogP contribution < -0.4 is 20.1 Å².